The molecule has 1 saturated carbocycles. The quantitative estimate of drug-likeness (QED) is 0.778. The number of likely N-dealkylation sites (N-methyl/N-ethyl adjacent to an activating group) is 1. The van der Waals surface area contributed by atoms with Gasteiger partial charge in [0.1, 0.15) is 5.41 Å². The summed E-state index contributed by atoms with van der Waals surface area (Å²) in [5.41, 5.74) is 1.22. The number of rotatable bonds is 7. The summed E-state index contributed by atoms with van der Waals surface area (Å²) in [4.78, 5) is 34.9. The predicted molar refractivity (Wildman–Crippen MR) is 93.3 cm³/mol. The molecule has 2 heterocycles. The van der Waals surface area contributed by atoms with Gasteiger partial charge in [-0.1, -0.05) is 0 Å². The average molecular weight is 338 g/mol. The molecule has 0 atom stereocenters. The monoisotopic (exact) mass is 338 g/mol. The van der Waals surface area contributed by atoms with Gasteiger partial charge in [0.2, 0.25) is 11.8 Å². The van der Waals surface area contributed by atoms with Gasteiger partial charge in [0.05, 0.1) is 0 Å². The van der Waals surface area contributed by atoms with E-state index in [4.69, 9.17) is 0 Å². The minimum absolute atomic E-state index is 0.0891. The van der Waals surface area contributed by atoms with Crippen molar-refractivity contribution in [3.05, 3.63) is 60.2 Å². The first-order valence-electron chi connectivity index (χ1n) is 8.43. The Bertz CT molecular complexity index is 730. The van der Waals surface area contributed by atoms with Gasteiger partial charge in [0.15, 0.2) is 0 Å². The van der Waals surface area contributed by atoms with Crippen LogP contribution in [0.2, 0.25) is 0 Å². The van der Waals surface area contributed by atoms with Gasteiger partial charge in [-0.2, -0.15) is 0 Å². The van der Waals surface area contributed by atoms with E-state index in [2.05, 4.69) is 15.3 Å². The largest absolute Gasteiger partial charge is 0.351 e. The third-order valence-electron chi connectivity index (χ3n) is 4.63. The molecule has 1 N–H and O–H groups in total. The van der Waals surface area contributed by atoms with Gasteiger partial charge < -0.3 is 10.2 Å². The van der Waals surface area contributed by atoms with E-state index in [0.29, 0.717) is 25.9 Å². The zero-order valence-corrected chi connectivity index (χ0v) is 14.3. The third-order valence-corrected chi connectivity index (χ3v) is 4.63. The van der Waals surface area contributed by atoms with Crippen LogP contribution in [0.25, 0.3) is 0 Å². The Balaban J connectivity index is 1.54. The lowest BCUT2D eigenvalue weighted by Crippen LogP contribution is -2.44. The lowest BCUT2D eigenvalue weighted by Gasteiger charge is -2.23. The number of carbonyl (C=O) groups is 2. The zero-order chi connectivity index (χ0) is 17.7. The van der Waals surface area contributed by atoms with E-state index in [1.807, 2.05) is 24.3 Å². The number of hydrogen-bond acceptors (Lipinski definition) is 4. The normalized spacial score (nSPS) is 14.6. The molecule has 6 heteroatoms. The van der Waals surface area contributed by atoms with Crippen molar-refractivity contribution in [2.75, 3.05) is 13.6 Å². The number of nitrogens with one attached hydrogen (secondary N) is 1. The minimum Gasteiger partial charge on any atom is -0.351 e. The first-order valence-corrected chi connectivity index (χ1v) is 8.43. The first-order chi connectivity index (χ1) is 12.1. The van der Waals surface area contributed by atoms with Crippen molar-refractivity contribution in [1.29, 1.82) is 0 Å². The number of pyridine rings is 2. The van der Waals surface area contributed by atoms with Crippen molar-refractivity contribution in [3.8, 4) is 0 Å². The van der Waals surface area contributed by atoms with Crippen molar-refractivity contribution in [1.82, 2.24) is 20.2 Å². The fourth-order valence-electron chi connectivity index (χ4n) is 2.83. The maximum atomic E-state index is 12.7. The number of hydrogen-bond donors (Lipinski definition) is 1. The molecule has 25 heavy (non-hydrogen) atoms. The predicted octanol–water partition coefficient (Wildman–Crippen LogP) is 1.57. The second kappa shape index (κ2) is 7.42. The number of aromatic nitrogens is 2. The second-order valence-corrected chi connectivity index (χ2v) is 6.45. The molecule has 0 radical (unpaired) electrons. The summed E-state index contributed by atoms with van der Waals surface area (Å²) in [6.45, 7) is 0.999. The van der Waals surface area contributed by atoms with Crippen molar-refractivity contribution in [2.24, 2.45) is 5.41 Å². The Labute approximate surface area is 147 Å². The smallest absolute Gasteiger partial charge is 0.238 e. The van der Waals surface area contributed by atoms with E-state index < -0.39 is 5.41 Å². The van der Waals surface area contributed by atoms with Gasteiger partial charge >= 0.3 is 0 Å². The molecule has 1 aliphatic carbocycles. The molecule has 0 aliphatic heterocycles. The van der Waals surface area contributed by atoms with E-state index in [1.165, 1.54) is 0 Å². The van der Waals surface area contributed by atoms with Crippen LogP contribution in [0.15, 0.2) is 49.1 Å². The molecular formula is C19H22N4O2. The molecular weight excluding hydrogens is 316 g/mol. The maximum Gasteiger partial charge on any atom is 0.238 e. The Morgan fingerprint density at radius 2 is 1.60 bits per heavy atom. The van der Waals surface area contributed by atoms with Crippen LogP contribution in [0.3, 0.4) is 0 Å². The lowest BCUT2D eigenvalue weighted by atomic mass is 10.0. The Hall–Kier alpha value is -2.76. The van der Waals surface area contributed by atoms with Gasteiger partial charge in [-0.05, 0) is 54.7 Å². The highest BCUT2D eigenvalue weighted by Crippen LogP contribution is 2.47. The summed E-state index contributed by atoms with van der Waals surface area (Å²) in [7, 11) is 1.76. The summed E-state index contributed by atoms with van der Waals surface area (Å²) >= 11 is 0. The standard InChI is InChI=1S/C19H22N4O2/c1-23(13-6-15-2-9-20-10-3-15)18(25)19(7-8-19)17(24)22-14-16-4-11-21-12-5-16/h2-5,9-12H,6-8,13-14H2,1H3,(H,22,24). The topological polar surface area (TPSA) is 75.2 Å². The number of carbonyl (C=O) groups excluding carboxylic acids is 2. The summed E-state index contributed by atoms with van der Waals surface area (Å²) in [6, 6.07) is 7.57. The van der Waals surface area contributed by atoms with Crippen LogP contribution in [0.5, 0.6) is 0 Å². The molecule has 2 amide bonds. The summed E-state index contributed by atoms with van der Waals surface area (Å²) in [6.07, 6.45) is 8.84. The van der Waals surface area contributed by atoms with E-state index in [0.717, 1.165) is 17.5 Å². The van der Waals surface area contributed by atoms with Gasteiger partial charge in [-0.15, -0.1) is 0 Å². The third kappa shape index (κ3) is 4.02. The zero-order valence-electron chi connectivity index (χ0n) is 14.3. The first kappa shape index (κ1) is 17.1. The summed E-state index contributed by atoms with van der Waals surface area (Å²) in [5.74, 6) is -0.265. The fraction of sp³-hybridized carbons (Fsp3) is 0.368. The van der Waals surface area contributed by atoms with Crippen LogP contribution in [-0.4, -0.2) is 40.3 Å². The minimum atomic E-state index is -0.875. The molecule has 0 unspecified atom stereocenters. The molecule has 0 aromatic carbocycles. The van der Waals surface area contributed by atoms with Crippen molar-refractivity contribution in [3.63, 3.8) is 0 Å². The average Bonchev–Trinajstić information content (AvgIpc) is 3.47. The highest BCUT2D eigenvalue weighted by molar-refractivity contribution is 6.07. The van der Waals surface area contributed by atoms with Crippen LogP contribution in [-0.2, 0) is 22.6 Å². The molecule has 6 nitrogen and oxygen atoms in total. The lowest BCUT2D eigenvalue weighted by molar-refractivity contribution is -0.143. The molecule has 2 aromatic rings. The van der Waals surface area contributed by atoms with Gasteiger partial charge in [-0.3, -0.25) is 19.6 Å². The fourth-order valence-corrected chi connectivity index (χ4v) is 2.83. The Kier molecular flexibility index (Phi) is 5.07. The van der Waals surface area contributed by atoms with Gasteiger partial charge in [0.25, 0.3) is 0 Å². The Morgan fingerprint density at radius 1 is 1.04 bits per heavy atom. The highest BCUT2D eigenvalue weighted by atomic mass is 16.2. The molecule has 130 valence electrons. The van der Waals surface area contributed by atoms with Gasteiger partial charge in [0, 0.05) is 44.9 Å². The van der Waals surface area contributed by atoms with Crippen LogP contribution >= 0.6 is 0 Å². The molecule has 1 aliphatic rings. The second-order valence-electron chi connectivity index (χ2n) is 6.45. The van der Waals surface area contributed by atoms with E-state index in [-0.39, 0.29) is 11.8 Å². The van der Waals surface area contributed by atoms with E-state index in [9.17, 15) is 9.59 Å². The van der Waals surface area contributed by atoms with Crippen molar-refractivity contribution >= 4 is 11.8 Å². The van der Waals surface area contributed by atoms with Crippen molar-refractivity contribution < 1.29 is 9.59 Å². The van der Waals surface area contributed by atoms with Crippen LogP contribution in [0.1, 0.15) is 24.0 Å². The van der Waals surface area contributed by atoms with Crippen molar-refractivity contribution in [2.45, 2.75) is 25.8 Å². The Morgan fingerprint density at radius 3 is 2.16 bits per heavy atom. The number of amides is 2. The van der Waals surface area contributed by atoms with Crippen LogP contribution in [0.4, 0.5) is 0 Å². The molecule has 0 spiro atoms. The number of nitrogens with zero attached hydrogens (tertiary/aromatic N) is 3. The highest BCUT2D eigenvalue weighted by Gasteiger charge is 2.57. The molecule has 1 fully saturated rings. The maximum absolute atomic E-state index is 12.7. The SMILES string of the molecule is CN(CCc1ccncc1)C(=O)C1(C(=O)NCc2ccncc2)CC1. The van der Waals surface area contributed by atoms with Crippen LogP contribution < -0.4 is 5.32 Å². The molecule has 2 aromatic heterocycles. The molecule has 0 saturated heterocycles. The van der Waals surface area contributed by atoms with Crippen LogP contribution in [0, 0.1) is 5.41 Å². The summed E-state index contributed by atoms with van der Waals surface area (Å²) < 4.78 is 0. The molecule has 3 rings (SSSR count). The molecule has 0 bridgehead atoms. The summed E-state index contributed by atoms with van der Waals surface area (Å²) in [5, 5.41) is 2.89. The van der Waals surface area contributed by atoms with Gasteiger partial charge in [-0.25, -0.2) is 0 Å². The van der Waals surface area contributed by atoms with E-state index >= 15 is 0 Å². The van der Waals surface area contributed by atoms with E-state index in [1.54, 1.807) is 36.7 Å².